The molecule has 1 aromatic carbocycles. The van der Waals surface area contributed by atoms with Crippen LogP contribution in [0.4, 0.5) is 0 Å². The number of aromatic nitrogens is 4. The van der Waals surface area contributed by atoms with E-state index in [0.717, 1.165) is 5.56 Å². The number of rotatable bonds is 10. The van der Waals surface area contributed by atoms with E-state index in [4.69, 9.17) is 14.6 Å². The van der Waals surface area contributed by atoms with Gasteiger partial charge in [0, 0.05) is 10.7 Å². The topological polar surface area (TPSA) is 140 Å². The van der Waals surface area contributed by atoms with E-state index in [9.17, 15) is 14.7 Å². The molecule has 3 atom stereocenters. The Balaban J connectivity index is 1.51. The van der Waals surface area contributed by atoms with E-state index in [-0.39, 0.29) is 36.7 Å². The number of carbonyl (C=O) groups is 2. The van der Waals surface area contributed by atoms with Crippen molar-refractivity contribution in [2.24, 2.45) is 5.92 Å². The predicted octanol–water partition coefficient (Wildman–Crippen LogP) is 0.633. The molecular formula is C20H23N5O6S2. The van der Waals surface area contributed by atoms with Crippen molar-refractivity contribution in [3.63, 3.8) is 0 Å². The lowest BCUT2D eigenvalue weighted by Crippen LogP contribution is -2.60. The van der Waals surface area contributed by atoms with Crippen LogP contribution in [-0.4, -0.2) is 78.1 Å². The molecule has 33 heavy (non-hydrogen) atoms. The second-order valence-corrected chi connectivity index (χ2v) is 9.53. The smallest absolute Gasteiger partial charge is 0.356 e. The average Bonchev–Trinajstić information content (AvgIpc) is 3.38. The van der Waals surface area contributed by atoms with E-state index in [0.29, 0.717) is 21.6 Å². The molecule has 0 saturated carbocycles. The van der Waals surface area contributed by atoms with Crippen molar-refractivity contribution in [1.82, 2.24) is 25.1 Å². The van der Waals surface area contributed by atoms with Crippen LogP contribution < -0.4 is 4.74 Å². The SMILES string of the molecule is COc1ccc(COC(=O)C2=C(CSc3nnnn3CCO)S[C@@H]3[C@H](C(C)O)C(=O)N23)cc1. The fourth-order valence-corrected chi connectivity index (χ4v) is 6.16. The number of aliphatic hydroxyl groups excluding tert-OH is 2. The minimum absolute atomic E-state index is 0.0404. The fraction of sp³-hybridized carbons (Fsp3) is 0.450. The van der Waals surface area contributed by atoms with E-state index >= 15 is 0 Å². The molecular weight excluding hydrogens is 470 g/mol. The summed E-state index contributed by atoms with van der Waals surface area (Å²) in [6, 6.07) is 7.13. The summed E-state index contributed by atoms with van der Waals surface area (Å²) in [4.78, 5) is 27.8. The third-order valence-corrected chi connectivity index (χ3v) is 7.77. The number of amides is 1. The molecule has 1 amide bonds. The molecule has 1 fully saturated rings. The number of nitrogens with zero attached hydrogens (tertiary/aromatic N) is 5. The van der Waals surface area contributed by atoms with Crippen LogP contribution in [0.5, 0.6) is 5.75 Å². The summed E-state index contributed by atoms with van der Waals surface area (Å²) in [6.45, 7) is 1.74. The number of carbonyl (C=O) groups excluding carboxylic acids is 2. The summed E-state index contributed by atoms with van der Waals surface area (Å²) in [5.41, 5.74) is 0.969. The van der Waals surface area contributed by atoms with Crippen molar-refractivity contribution >= 4 is 35.4 Å². The summed E-state index contributed by atoms with van der Waals surface area (Å²) >= 11 is 2.65. The second-order valence-electron chi connectivity index (χ2n) is 7.38. The first-order chi connectivity index (χ1) is 15.9. The third-order valence-electron chi connectivity index (χ3n) is 5.24. The normalized spacial score (nSPS) is 20.5. The van der Waals surface area contributed by atoms with Crippen molar-refractivity contribution in [1.29, 1.82) is 0 Å². The first-order valence-electron chi connectivity index (χ1n) is 10.2. The van der Waals surface area contributed by atoms with Crippen molar-refractivity contribution in [3.8, 4) is 5.75 Å². The molecule has 11 nitrogen and oxygen atoms in total. The number of esters is 1. The van der Waals surface area contributed by atoms with Gasteiger partial charge in [-0.3, -0.25) is 9.69 Å². The van der Waals surface area contributed by atoms with Crippen LogP contribution in [0.3, 0.4) is 0 Å². The number of β-lactam (4-membered cyclic amide) rings is 1. The van der Waals surface area contributed by atoms with Gasteiger partial charge in [-0.2, -0.15) is 0 Å². The van der Waals surface area contributed by atoms with Gasteiger partial charge in [-0.1, -0.05) is 23.9 Å². The van der Waals surface area contributed by atoms with Gasteiger partial charge >= 0.3 is 5.97 Å². The molecule has 0 aliphatic carbocycles. The molecule has 4 rings (SSSR count). The highest BCUT2D eigenvalue weighted by Crippen LogP contribution is 2.51. The number of hydrogen-bond acceptors (Lipinski definition) is 11. The molecule has 176 valence electrons. The maximum atomic E-state index is 13.0. The summed E-state index contributed by atoms with van der Waals surface area (Å²) in [6.07, 6.45) is -0.827. The Morgan fingerprint density at radius 1 is 1.33 bits per heavy atom. The second kappa shape index (κ2) is 10.1. The summed E-state index contributed by atoms with van der Waals surface area (Å²) < 4.78 is 12.1. The van der Waals surface area contributed by atoms with Crippen LogP contribution >= 0.6 is 23.5 Å². The maximum absolute atomic E-state index is 13.0. The van der Waals surface area contributed by atoms with Crippen LogP contribution in [0, 0.1) is 5.92 Å². The number of ether oxygens (including phenoxy) is 2. The van der Waals surface area contributed by atoms with E-state index in [2.05, 4.69) is 15.5 Å². The molecule has 3 heterocycles. The Bertz CT molecular complexity index is 1060. The maximum Gasteiger partial charge on any atom is 0.356 e. The Morgan fingerprint density at radius 3 is 2.76 bits per heavy atom. The molecule has 2 aromatic rings. The Hall–Kier alpha value is -2.61. The summed E-state index contributed by atoms with van der Waals surface area (Å²) in [5, 5.41) is 30.7. The summed E-state index contributed by atoms with van der Waals surface area (Å²) in [5.74, 6) is -0.466. The zero-order valence-electron chi connectivity index (χ0n) is 17.9. The standard InChI is InChI=1S/C20H23N5O6S2/c1-11(27)15-17(28)25-16(19(29)31-9-12-3-5-13(30-2)6-4-12)14(33-18(15)25)10-32-20-21-22-23-24(20)7-8-26/h3-6,11,15,18,26-27H,7-10H2,1-2H3/t11?,15-,18-/m1/s1. The number of methoxy groups -OCH3 is 1. The number of fused-ring (bicyclic) bond motifs is 1. The van der Waals surface area contributed by atoms with Gasteiger partial charge in [0.25, 0.3) is 0 Å². The van der Waals surface area contributed by atoms with Crippen LogP contribution in [0.1, 0.15) is 12.5 Å². The molecule has 1 unspecified atom stereocenters. The number of benzene rings is 1. The van der Waals surface area contributed by atoms with E-state index < -0.39 is 18.0 Å². The zero-order valence-corrected chi connectivity index (χ0v) is 19.6. The van der Waals surface area contributed by atoms with Crippen molar-refractivity contribution in [2.75, 3.05) is 19.5 Å². The van der Waals surface area contributed by atoms with Gasteiger partial charge in [-0.05, 0) is 35.0 Å². The molecule has 2 aliphatic heterocycles. The van der Waals surface area contributed by atoms with Crippen LogP contribution in [0.2, 0.25) is 0 Å². The zero-order chi connectivity index (χ0) is 23.5. The molecule has 1 saturated heterocycles. The van der Waals surface area contributed by atoms with E-state index in [1.807, 2.05) is 0 Å². The average molecular weight is 494 g/mol. The third kappa shape index (κ3) is 4.71. The predicted molar refractivity (Wildman–Crippen MR) is 119 cm³/mol. The van der Waals surface area contributed by atoms with Gasteiger partial charge in [0.2, 0.25) is 11.1 Å². The van der Waals surface area contributed by atoms with E-state index in [1.165, 1.54) is 33.1 Å². The van der Waals surface area contributed by atoms with Gasteiger partial charge in [0.1, 0.15) is 23.4 Å². The molecule has 0 radical (unpaired) electrons. The minimum Gasteiger partial charge on any atom is -0.497 e. The lowest BCUT2D eigenvalue weighted by Gasteiger charge is -2.43. The fourth-order valence-electron chi connectivity index (χ4n) is 3.55. The number of tetrazole rings is 1. The highest BCUT2D eigenvalue weighted by Gasteiger charge is 2.57. The molecule has 0 spiro atoms. The molecule has 2 aliphatic rings. The Kier molecular flexibility index (Phi) is 7.22. The van der Waals surface area contributed by atoms with Gasteiger partial charge < -0.3 is 19.7 Å². The number of thioether (sulfide) groups is 2. The quantitative estimate of drug-likeness (QED) is 0.274. The van der Waals surface area contributed by atoms with Gasteiger partial charge in [-0.15, -0.1) is 16.9 Å². The van der Waals surface area contributed by atoms with Gasteiger partial charge in [0.15, 0.2) is 0 Å². The monoisotopic (exact) mass is 493 g/mol. The Morgan fingerprint density at radius 2 is 2.09 bits per heavy atom. The Labute approximate surface area is 198 Å². The van der Waals surface area contributed by atoms with Gasteiger partial charge in [0.05, 0.1) is 32.3 Å². The van der Waals surface area contributed by atoms with E-state index in [1.54, 1.807) is 38.3 Å². The van der Waals surface area contributed by atoms with Crippen LogP contribution in [-0.2, 0) is 27.5 Å². The first kappa shape index (κ1) is 23.5. The lowest BCUT2D eigenvalue weighted by atomic mass is 9.92. The number of aliphatic hydroxyl groups is 2. The summed E-state index contributed by atoms with van der Waals surface area (Å²) in [7, 11) is 1.57. The van der Waals surface area contributed by atoms with Crippen molar-refractivity contribution in [2.45, 2.75) is 36.7 Å². The molecule has 1 aromatic heterocycles. The largest absolute Gasteiger partial charge is 0.497 e. The highest BCUT2D eigenvalue weighted by atomic mass is 32.2. The minimum atomic E-state index is -0.827. The van der Waals surface area contributed by atoms with Crippen LogP contribution in [0.15, 0.2) is 40.0 Å². The molecule has 13 heteroatoms. The first-order valence-corrected chi connectivity index (χ1v) is 12.0. The van der Waals surface area contributed by atoms with Gasteiger partial charge in [-0.25, -0.2) is 9.48 Å². The van der Waals surface area contributed by atoms with Crippen molar-refractivity contribution < 1.29 is 29.3 Å². The highest BCUT2D eigenvalue weighted by molar-refractivity contribution is 8.06. The lowest BCUT2D eigenvalue weighted by molar-refractivity contribution is -0.158. The molecule has 2 N–H and O–H groups in total. The van der Waals surface area contributed by atoms with Crippen molar-refractivity contribution in [3.05, 3.63) is 40.4 Å². The van der Waals surface area contributed by atoms with Crippen LogP contribution in [0.25, 0.3) is 0 Å². The molecule has 0 bridgehead atoms. The number of hydrogen-bond donors (Lipinski definition) is 2.